The van der Waals surface area contributed by atoms with E-state index in [2.05, 4.69) is 41.3 Å². The Morgan fingerprint density at radius 1 is 1.57 bits per heavy atom. The number of hydrogen-bond donors (Lipinski definition) is 1. The van der Waals surface area contributed by atoms with Crippen molar-refractivity contribution in [1.82, 2.24) is 9.88 Å². The normalized spacial score (nSPS) is 10.0. The van der Waals surface area contributed by atoms with E-state index in [1.165, 1.54) is 5.56 Å². The quantitative estimate of drug-likeness (QED) is 0.698. The monoisotopic (exact) mass is 191 g/mol. The van der Waals surface area contributed by atoms with Gasteiger partial charge in [-0.25, -0.2) is 0 Å². The number of rotatable bonds is 6. The Balaban J connectivity index is 2.32. The first-order valence-electron chi connectivity index (χ1n) is 5.09. The molecule has 0 aromatic carbocycles. The lowest BCUT2D eigenvalue weighted by Crippen LogP contribution is -2.11. The van der Waals surface area contributed by atoms with Crippen molar-refractivity contribution in [2.24, 2.45) is 0 Å². The van der Waals surface area contributed by atoms with E-state index in [9.17, 15) is 0 Å². The maximum Gasteiger partial charge on any atom is 0.0622 e. The maximum atomic E-state index is 8.40. The van der Waals surface area contributed by atoms with Crippen LogP contribution in [-0.2, 0) is 13.1 Å². The number of nitrogens with one attached hydrogen (secondary N) is 1. The SMILES string of the molecule is CCNCc1ccn(CCCC#N)c1. The van der Waals surface area contributed by atoms with Gasteiger partial charge in [0.05, 0.1) is 6.07 Å². The third kappa shape index (κ3) is 3.63. The van der Waals surface area contributed by atoms with Crippen LogP contribution in [0.2, 0.25) is 0 Å². The molecule has 76 valence electrons. The Morgan fingerprint density at radius 3 is 3.14 bits per heavy atom. The molecule has 0 aliphatic rings. The predicted molar refractivity (Wildman–Crippen MR) is 56.7 cm³/mol. The minimum atomic E-state index is 0.640. The van der Waals surface area contributed by atoms with Crippen molar-refractivity contribution >= 4 is 0 Å². The predicted octanol–water partition coefficient (Wildman–Crippen LogP) is 1.90. The zero-order chi connectivity index (χ0) is 10.2. The fourth-order valence-corrected chi connectivity index (χ4v) is 1.34. The Labute approximate surface area is 85.3 Å². The molecule has 1 aromatic heterocycles. The highest BCUT2D eigenvalue weighted by molar-refractivity contribution is 5.09. The lowest BCUT2D eigenvalue weighted by atomic mass is 10.3. The first-order chi connectivity index (χ1) is 6.86. The van der Waals surface area contributed by atoms with Gasteiger partial charge in [-0.2, -0.15) is 5.26 Å². The van der Waals surface area contributed by atoms with Crippen LogP contribution >= 0.6 is 0 Å². The largest absolute Gasteiger partial charge is 0.354 e. The summed E-state index contributed by atoms with van der Waals surface area (Å²) in [6, 6.07) is 4.27. The van der Waals surface area contributed by atoms with Crippen LogP contribution in [0.1, 0.15) is 25.3 Å². The van der Waals surface area contributed by atoms with Crippen molar-refractivity contribution in [2.75, 3.05) is 6.54 Å². The molecule has 0 unspecified atom stereocenters. The number of nitrogens with zero attached hydrogens (tertiary/aromatic N) is 2. The second kappa shape index (κ2) is 6.22. The lowest BCUT2D eigenvalue weighted by Gasteiger charge is -1.99. The molecule has 3 nitrogen and oxygen atoms in total. The molecule has 1 rings (SSSR count). The first-order valence-corrected chi connectivity index (χ1v) is 5.09. The summed E-state index contributed by atoms with van der Waals surface area (Å²) in [4.78, 5) is 0. The fraction of sp³-hybridized carbons (Fsp3) is 0.545. The van der Waals surface area contributed by atoms with E-state index in [1.54, 1.807) is 0 Å². The van der Waals surface area contributed by atoms with E-state index < -0.39 is 0 Å². The van der Waals surface area contributed by atoms with Gasteiger partial charge in [0, 0.05) is 31.9 Å². The van der Waals surface area contributed by atoms with Gasteiger partial charge >= 0.3 is 0 Å². The summed E-state index contributed by atoms with van der Waals surface area (Å²) in [5.41, 5.74) is 1.31. The molecule has 0 spiro atoms. The Bertz CT molecular complexity index is 296. The second-order valence-corrected chi connectivity index (χ2v) is 3.30. The van der Waals surface area contributed by atoms with E-state index in [4.69, 9.17) is 5.26 Å². The van der Waals surface area contributed by atoms with Crippen LogP contribution in [0, 0.1) is 11.3 Å². The van der Waals surface area contributed by atoms with Gasteiger partial charge < -0.3 is 9.88 Å². The molecule has 0 bridgehead atoms. The summed E-state index contributed by atoms with van der Waals surface area (Å²) >= 11 is 0. The zero-order valence-electron chi connectivity index (χ0n) is 8.66. The Kier molecular flexibility index (Phi) is 4.81. The van der Waals surface area contributed by atoms with Crippen molar-refractivity contribution in [3.05, 3.63) is 24.0 Å². The van der Waals surface area contributed by atoms with Gasteiger partial charge in [0.25, 0.3) is 0 Å². The van der Waals surface area contributed by atoms with E-state index >= 15 is 0 Å². The summed E-state index contributed by atoms with van der Waals surface area (Å²) in [5.74, 6) is 0. The van der Waals surface area contributed by atoms with Crippen LogP contribution in [0.5, 0.6) is 0 Å². The van der Waals surface area contributed by atoms with Crippen LogP contribution in [0.3, 0.4) is 0 Å². The molecule has 0 amide bonds. The molecule has 14 heavy (non-hydrogen) atoms. The van der Waals surface area contributed by atoms with Crippen LogP contribution in [0.4, 0.5) is 0 Å². The smallest absolute Gasteiger partial charge is 0.0622 e. The van der Waals surface area contributed by atoms with E-state index in [0.717, 1.165) is 26.1 Å². The summed E-state index contributed by atoms with van der Waals surface area (Å²) < 4.78 is 2.14. The van der Waals surface area contributed by atoms with Crippen molar-refractivity contribution in [2.45, 2.75) is 32.9 Å². The van der Waals surface area contributed by atoms with E-state index in [-0.39, 0.29) is 0 Å². The average Bonchev–Trinajstić information content (AvgIpc) is 2.63. The molecule has 0 radical (unpaired) electrons. The van der Waals surface area contributed by atoms with Gasteiger partial charge in [0.15, 0.2) is 0 Å². The van der Waals surface area contributed by atoms with Crippen LogP contribution < -0.4 is 5.32 Å². The van der Waals surface area contributed by atoms with Gasteiger partial charge in [0.1, 0.15) is 0 Å². The topological polar surface area (TPSA) is 40.8 Å². The number of aromatic nitrogens is 1. The van der Waals surface area contributed by atoms with Crippen molar-refractivity contribution in [1.29, 1.82) is 5.26 Å². The van der Waals surface area contributed by atoms with E-state index in [1.807, 2.05) is 0 Å². The summed E-state index contributed by atoms with van der Waals surface area (Å²) in [5, 5.41) is 11.7. The fourth-order valence-electron chi connectivity index (χ4n) is 1.34. The highest BCUT2D eigenvalue weighted by atomic mass is 14.9. The molecular formula is C11H17N3. The van der Waals surface area contributed by atoms with Crippen molar-refractivity contribution in [3.63, 3.8) is 0 Å². The number of aryl methyl sites for hydroxylation is 1. The highest BCUT2D eigenvalue weighted by Crippen LogP contribution is 2.02. The van der Waals surface area contributed by atoms with Gasteiger partial charge in [-0.15, -0.1) is 0 Å². The zero-order valence-corrected chi connectivity index (χ0v) is 8.66. The standard InChI is InChI=1S/C11H17N3/c1-2-13-9-11-5-8-14(10-11)7-4-3-6-12/h5,8,10,13H,2-4,7,9H2,1H3. The second-order valence-electron chi connectivity index (χ2n) is 3.30. The highest BCUT2D eigenvalue weighted by Gasteiger charge is 1.95. The molecule has 0 saturated heterocycles. The molecular weight excluding hydrogens is 174 g/mol. The molecule has 0 saturated carbocycles. The van der Waals surface area contributed by atoms with Crippen LogP contribution in [-0.4, -0.2) is 11.1 Å². The summed E-state index contributed by atoms with van der Waals surface area (Å²) in [6.45, 7) is 4.98. The molecule has 0 atom stereocenters. The minimum absolute atomic E-state index is 0.640. The molecule has 1 heterocycles. The summed E-state index contributed by atoms with van der Waals surface area (Å²) in [6.07, 6.45) is 5.79. The number of hydrogen-bond acceptors (Lipinski definition) is 2. The average molecular weight is 191 g/mol. The minimum Gasteiger partial charge on any atom is -0.354 e. The number of nitriles is 1. The number of unbranched alkanes of at least 4 members (excludes halogenated alkanes) is 1. The van der Waals surface area contributed by atoms with Crippen molar-refractivity contribution in [3.8, 4) is 6.07 Å². The van der Waals surface area contributed by atoms with Gasteiger partial charge in [0.2, 0.25) is 0 Å². The van der Waals surface area contributed by atoms with Crippen LogP contribution in [0.25, 0.3) is 0 Å². The first kappa shape index (κ1) is 10.8. The molecule has 1 aromatic rings. The lowest BCUT2D eigenvalue weighted by molar-refractivity contribution is 0.652. The van der Waals surface area contributed by atoms with Crippen LogP contribution in [0.15, 0.2) is 18.5 Å². The van der Waals surface area contributed by atoms with Gasteiger partial charge in [-0.05, 0) is 24.6 Å². The maximum absolute atomic E-state index is 8.40. The molecule has 1 N–H and O–H groups in total. The van der Waals surface area contributed by atoms with Gasteiger partial charge in [-0.1, -0.05) is 6.92 Å². The third-order valence-corrected chi connectivity index (χ3v) is 2.10. The van der Waals surface area contributed by atoms with Crippen molar-refractivity contribution < 1.29 is 0 Å². The Hall–Kier alpha value is -1.27. The Morgan fingerprint density at radius 2 is 2.43 bits per heavy atom. The van der Waals surface area contributed by atoms with Gasteiger partial charge in [-0.3, -0.25) is 0 Å². The molecule has 0 fully saturated rings. The molecule has 0 aliphatic heterocycles. The molecule has 3 heteroatoms. The van der Waals surface area contributed by atoms with E-state index in [0.29, 0.717) is 6.42 Å². The molecule has 0 aliphatic carbocycles. The third-order valence-electron chi connectivity index (χ3n) is 2.10. The summed E-state index contributed by atoms with van der Waals surface area (Å²) in [7, 11) is 0.